The quantitative estimate of drug-likeness (QED) is 0.898. The molecule has 0 saturated carbocycles. The standard InChI is InChI=1S/C16H17NO3/c1-12-14(8-5-9-15(12)18)10-17-16(19)20-11-13-6-3-2-4-7-13/h2-9,18H,10-11H2,1H3,(H,17,19). The second-order valence-corrected chi connectivity index (χ2v) is 4.48. The van der Waals surface area contributed by atoms with E-state index >= 15 is 0 Å². The first-order valence-electron chi connectivity index (χ1n) is 6.39. The number of aromatic hydroxyl groups is 1. The number of ether oxygens (including phenoxy) is 1. The fourth-order valence-electron chi connectivity index (χ4n) is 1.80. The molecule has 0 bridgehead atoms. The summed E-state index contributed by atoms with van der Waals surface area (Å²) < 4.78 is 5.11. The average molecular weight is 271 g/mol. The molecule has 20 heavy (non-hydrogen) atoms. The van der Waals surface area contributed by atoms with Crippen molar-refractivity contribution >= 4 is 6.09 Å². The van der Waals surface area contributed by atoms with Crippen LogP contribution in [0.4, 0.5) is 4.79 Å². The van der Waals surface area contributed by atoms with Gasteiger partial charge in [-0.05, 0) is 29.7 Å². The summed E-state index contributed by atoms with van der Waals surface area (Å²) in [5.41, 5.74) is 2.56. The Morgan fingerprint density at radius 2 is 1.90 bits per heavy atom. The number of phenols is 1. The first-order valence-corrected chi connectivity index (χ1v) is 6.39. The van der Waals surface area contributed by atoms with Crippen LogP contribution < -0.4 is 5.32 Å². The van der Waals surface area contributed by atoms with E-state index < -0.39 is 6.09 Å². The van der Waals surface area contributed by atoms with Gasteiger partial charge in [-0.2, -0.15) is 0 Å². The van der Waals surface area contributed by atoms with Crippen molar-refractivity contribution in [1.82, 2.24) is 5.32 Å². The van der Waals surface area contributed by atoms with E-state index in [4.69, 9.17) is 4.74 Å². The Morgan fingerprint density at radius 3 is 2.65 bits per heavy atom. The highest BCUT2D eigenvalue weighted by atomic mass is 16.5. The van der Waals surface area contributed by atoms with Crippen LogP contribution in [0.5, 0.6) is 5.75 Å². The van der Waals surface area contributed by atoms with Gasteiger partial charge in [-0.15, -0.1) is 0 Å². The number of hydrogen-bond donors (Lipinski definition) is 2. The third kappa shape index (κ3) is 3.75. The number of phenolic OH excluding ortho intramolecular Hbond substituents is 1. The third-order valence-electron chi connectivity index (χ3n) is 3.05. The van der Waals surface area contributed by atoms with Gasteiger partial charge in [-0.25, -0.2) is 4.79 Å². The number of carbonyl (C=O) groups is 1. The summed E-state index contributed by atoms with van der Waals surface area (Å²) in [6, 6.07) is 14.7. The summed E-state index contributed by atoms with van der Waals surface area (Å²) in [5, 5.41) is 12.2. The lowest BCUT2D eigenvalue weighted by Crippen LogP contribution is -2.24. The molecule has 2 rings (SSSR count). The highest BCUT2D eigenvalue weighted by Crippen LogP contribution is 2.19. The SMILES string of the molecule is Cc1c(O)cccc1CNC(=O)OCc1ccccc1. The Kier molecular flexibility index (Phi) is 4.60. The second-order valence-electron chi connectivity index (χ2n) is 4.48. The van der Waals surface area contributed by atoms with Crippen molar-refractivity contribution in [2.24, 2.45) is 0 Å². The smallest absolute Gasteiger partial charge is 0.407 e. The predicted octanol–water partition coefficient (Wildman–Crippen LogP) is 3.13. The number of carbonyl (C=O) groups excluding carboxylic acids is 1. The Labute approximate surface area is 118 Å². The Bertz CT molecular complexity index is 582. The van der Waals surface area contributed by atoms with Crippen LogP contribution in [0.1, 0.15) is 16.7 Å². The van der Waals surface area contributed by atoms with E-state index in [2.05, 4.69) is 5.32 Å². The van der Waals surface area contributed by atoms with Gasteiger partial charge in [0.15, 0.2) is 0 Å². The molecule has 0 unspecified atom stereocenters. The van der Waals surface area contributed by atoms with Crippen LogP contribution in [0.15, 0.2) is 48.5 Å². The molecule has 0 fully saturated rings. The molecule has 2 aromatic carbocycles. The molecule has 0 heterocycles. The number of amides is 1. The van der Waals surface area contributed by atoms with E-state index in [0.717, 1.165) is 16.7 Å². The highest BCUT2D eigenvalue weighted by molar-refractivity contribution is 5.67. The minimum atomic E-state index is -0.475. The van der Waals surface area contributed by atoms with E-state index in [1.807, 2.05) is 43.3 Å². The minimum absolute atomic E-state index is 0.224. The minimum Gasteiger partial charge on any atom is -0.508 e. The molecule has 4 heteroatoms. The molecule has 4 nitrogen and oxygen atoms in total. The van der Waals surface area contributed by atoms with Crippen LogP contribution in [-0.4, -0.2) is 11.2 Å². The maximum atomic E-state index is 11.6. The predicted molar refractivity (Wildman–Crippen MR) is 76.3 cm³/mol. The van der Waals surface area contributed by atoms with Crippen LogP contribution >= 0.6 is 0 Å². The summed E-state index contributed by atoms with van der Waals surface area (Å²) in [5.74, 6) is 0.224. The molecule has 0 atom stereocenters. The van der Waals surface area contributed by atoms with E-state index in [0.29, 0.717) is 6.54 Å². The zero-order valence-corrected chi connectivity index (χ0v) is 11.3. The van der Waals surface area contributed by atoms with E-state index in [9.17, 15) is 9.90 Å². The van der Waals surface area contributed by atoms with Gasteiger partial charge < -0.3 is 15.2 Å². The number of alkyl carbamates (subject to hydrolysis) is 1. The molecule has 0 aliphatic heterocycles. The molecule has 0 spiro atoms. The molecule has 0 radical (unpaired) electrons. The first kappa shape index (κ1) is 13.9. The average Bonchev–Trinajstić information content (AvgIpc) is 2.48. The van der Waals surface area contributed by atoms with Gasteiger partial charge in [0.2, 0.25) is 0 Å². The number of hydrogen-bond acceptors (Lipinski definition) is 3. The number of benzene rings is 2. The van der Waals surface area contributed by atoms with Crippen molar-refractivity contribution in [2.45, 2.75) is 20.1 Å². The van der Waals surface area contributed by atoms with Crippen molar-refractivity contribution in [3.8, 4) is 5.75 Å². The lowest BCUT2D eigenvalue weighted by molar-refractivity contribution is 0.139. The van der Waals surface area contributed by atoms with Gasteiger partial charge in [-0.3, -0.25) is 0 Å². The van der Waals surface area contributed by atoms with Crippen LogP contribution in [0.3, 0.4) is 0 Å². The van der Waals surface area contributed by atoms with Crippen LogP contribution in [0.25, 0.3) is 0 Å². The monoisotopic (exact) mass is 271 g/mol. The summed E-state index contributed by atoms with van der Waals surface area (Å²) in [6.45, 7) is 2.38. The third-order valence-corrected chi connectivity index (χ3v) is 3.05. The van der Waals surface area contributed by atoms with E-state index in [1.165, 1.54) is 0 Å². The largest absolute Gasteiger partial charge is 0.508 e. The van der Waals surface area contributed by atoms with Crippen molar-refractivity contribution in [3.05, 3.63) is 65.2 Å². The van der Waals surface area contributed by atoms with Crippen LogP contribution in [0.2, 0.25) is 0 Å². The lowest BCUT2D eigenvalue weighted by Gasteiger charge is -2.09. The Hall–Kier alpha value is -2.49. The molecule has 2 aromatic rings. The van der Waals surface area contributed by atoms with Crippen LogP contribution in [-0.2, 0) is 17.9 Å². The fraction of sp³-hybridized carbons (Fsp3) is 0.188. The van der Waals surface area contributed by atoms with E-state index in [-0.39, 0.29) is 12.4 Å². The molecule has 0 aliphatic carbocycles. The molecular formula is C16H17NO3. The Balaban J connectivity index is 1.82. The molecular weight excluding hydrogens is 254 g/mol. The van der Waals surface area contributed by atoms with Gasteiger partial charge in [0.25, 0.3) is 0 Å². The van der Waals surface area contributed by atoms with Crippen molar-refractivity contribution < 1.29 is 14.6 Å². The summed E-state index contributed by atoms with van der Waals surface area (Å²) in [4.78, 5) is 11.6. The second kappa shape index (κ2) is 6.61. The molecule has 0 aromatic heterocycles. The molecule has 1 amide bonds. The lowest BCUT2D eigenvalue weighted by atomic mass is 10.1. The summed E-state index contributed by atoms with van der Waals surface area (Å²) in [7, 11) is 0. The number of nitrogens with one attached hydrogen (secondary N) is 1. The highest BCUT2D eigenvalue weighted by Gasteiger charge is 2.06. The maximum Gasteiger partial charge on any atom is 0.407 e. The van der Waals surface area contributed by atoms with E-state index in [1.54, 1.807) is 12.1 Å². The van der Waals surface area contributed by atoms with Gasteiger partial charge in [-0.1, -0.05) is 42.5 Å². The van der Waals surface area contributed by atoms with Crippen molar-refractivity contribution in [3.63, 3.8) is 0 Å². The maximum absolute atomic E-state index is 11.6. The fourth-order valence-corrected chi connectivity index (χ4v) is 1.80. The van der Waals surface area contributed by atoms with Crippen LogP contribution in [0, 0.1) is 6.92 Å². The van der Waals surface area contributed by atoms with Crippen molar-refractivity contribution in [1.29, 1.82) is 0 Å². The number of rotatable bonds is 4. The Morgan fingerprint density at radius 1 is 1.15 bits per heavy atom. The first-order chi connectivity index (χ1) is 9.66. The zero-order valence-electron chi connectivity index (χ0n) is 11.3. The van der Waals surface area contributed by atoms with Gasteiger partial charge in [0.1, 0.15) is 12.4 Å². The summed E-state index contributed by atoms with van der Waals surface area (Å²) in [6.07, 6.45) is -0.475. The zero-order chi connectivity index (χ0) is 14.4. The molecule has 2 N–H and O–H groups in total. The van der Waals surface area contributed by atoms with Gasteiger partial charge in [0.05, 0.1) is 0 Å². The molecule has 104 valence electrons. The van der Waals surface area contributed by atoms with Gasteiger partial charge in [0, 0.05) is 6.54 Å². The van der Waals surface area contributed by atoms with Gasteiger partial charge >= 0.3 is 6.09 Å². The molecule has 0 saturated heterocycles. The normalized spacial score (nSPS) is 10.1. The topological polar surface area (TPSA) is 58.6 Å². The summed E-state index contributed by atoms with van der Waals surface area (Å²) >= 11 is 0. The molecule has 0 aliphatic rings. The van der Waals surface area contributed by atoms with Crippen molar-refractivity contribution in [2.75, 3.05) is 0 Å².